The minimum atomic E-state index is -0.00424. The van der Waals surface area contributed by atoms with Crippen LogP contribution in [-0.4, -0.2) is 68.0 Å². The van der Waals surface area contributed by atoms with E-state index < -0.39 is 0 Å². The van der Waals surface area contributed by atoms with Crippen LogP contribution in [0, 0.1) is 0 Å². The number of hydrogen-bond acceptors (Lipinski definition) is 5. The van der Waals surface area contributed by atoms with Gasteiger partial charge in [-0.2, -0.15) is 0 Å². The van der Waals surface area contributed by atoms with Crippen LogP contribution < -0.4 is 34.5 Å². The first kappa shape index (κ1) is 23.5. The van der Waals surface area contributed by atoms with Gasteiger partial charge in [0.1, 0.15) is 5.75 Å². The highest BCUT2D eigenvalue weighted by Crippen LogP contribution is 2.28. The summed E-state index contributed by atoms with van der Waals surface area (Å²) in [6.07, 6.45) is 2.70. The second-order valence-electron chi connectivity index (χ2n) is 6.65. The molecule has 2 amide bonds. The van der Waals surface area contributed by atoms with Crippen LogP contribution in [-0.2, 0) is 9.59 Å². The van der Waals surface area contributed by atoms with E-state index in [4.69, 9.17) is 4.74 Å². The zero-order chi connectivity index (χ0) is 17.6. The van der Waals surface area contributed by atoms with Gasteiger partial charge >= 0.3 is 0 Å². The Morgan fingerprint density at radius 3 is 2.11 bits per heavy atom. The maximum absolute atomic E-state index is 11.6. The molecule has 2 fully saturated rings. The molecule has 27 heavy (non-hydrogen) atoms. The molecule has 152 valence electrons. The van der Waals surface area contributed by atoms with E-state index in [0.29, 0.717) is 19.4 Å². The summed E-state index contributed by atoms with van der Waals surface area (Å²) < 4.78 is 5.46. The minimum absolute atomic E-state index is 0. The van der Waals surface area contributed by atoms with Crippen LogP contribution in [0.25, 0.3) is 0 Å². The predicted molar refractivity (Wildman–Crippen MR) is 96.8 cm³/mol. The number of methoxy groups -OCH3 is 1. The summed E-state index contributed by atoms with van der Waals surface area (Å²) in [5.74, 6) is 0.918. The van der Waals surface area contributed by atoms with Crippen molar-refractivity contribution >= 4 is 17.5 Å². The summed E-state index contributed by atoms with van der Waals surface area (Å²) in [5.41, 5.74) is 1.16. The number of rotatable bonds is 7. The number of ether oxygens (including phenoxy) is 1. The highest BCUT2D eigenvalue weighted by molar-refractivity contribution is 6.01. The Morgan fingerprint density at radius 1 is 0.889 bits per heavy atom. The van der Waals surface area contributed by atoms with Gasteiger partial charge in [-0.1, -0.05) is 12.1 Å². The molecule has 0 spiro atoms. The van der Waals surface area contributed by atoms with Crippen LogP contribution in [0.2, 0.25) is 0 Å². The molecular weight excluding hydrogens is 389 g/mol. The normalized spacial score (nSPS) is 17.5. The van der Waals surface area contributed by atoms with Crippen molar-refractivity contribution in [2.75, 3.05) is 51.3 Å². The van der Waals surface area contributed by atoms with Crippen molar-refractivity contribution in [1.29, 1.82) is 0 Å². The Labute approximate surface area is 173 Å². The number of imide groups is 1. The molecule has 3 rings (SSSR count). The van der Waals surface area contributed by atoms with Gasteiger partial charge in [0.25, 0.3) is 0 Å². The number of para-hydroxylation sites is 2. The van der Waals surface area contributed by atoms with E-state index in [2.05, 4.69) is 15.9 Å². The van der Waals surface area contributed by atoms with Crippen molar-refractivity contribution in [3.05, 3.63) is 24.3 Å². The van der Waals surface area contributed by atoms with Gasteiger partial charge in [-0.15, -0.1) is 0 Å². The third-order valence-corrected chi connectivity index (χ3v) is 5.06. The number of unbranched alkanes of at least 4 members (excludes halogenated alkanes) is 1. The quantitative estimate of drug-likeness (QED) is 0.333. The monoisotopic (exact) mass is 415 g/mol. The van der Waals surface area contributed by atoms with Gasteiger partial charge in [0.05, 0.1) is 12.8 Å². The third kappa shape index (κ3) is 5.99. The standard InChI is InChI=1S/C19H27N3O3.2ClH/c1-25-17-7-3-2-6-16(17)21-14-12-20(13-15-21)10-4-5-11-22-18(23)8-9-19(22)24;;/h2-3,6-7H,4-5,8-15H2,1H3;2*1H/p-2. The van der Waals surface area contributed by atoms with E-state index in [1.54, 1.807) is 7.11 Å². The third-order valence-electron chi connectivity index (χ3n) is 5.06. The fourth-order valence-corrected chi connectivity index (χ4v) is 3.58. The lowest BCUT2D eigenvalue weighted by Crippen LogP contribution is -3.00. The van der Waals surface area contributed by atoms with E-state index in [9.17, 15) is 9.59 Å². The molecule has 6 nitrogen and oxygen atoms in total. The van der Waals surface area contributed by atoms with Gasteiger partial charge in [0.15, 0.2) is 0 Å². The zero-order valence-electron chi connectivity index (χ0n) is 15.7. The molecule has 1 aromatic carbocycles. The molecular formula is C19H27Cl2N3O3-2. The lowest BCUT2D eigenvalue weighted by atomic mass is 10.2. The molecule has 2 aliphatic heterocycles. The van der Waals surface area contributed by atoms with E-state index in [0.717, 1.165) is 57.0 Å². The first-order valence-corrected chi connectivity index (χ1v) is 9.12. The lowest BCUT2D eigenvalue weighted by molar-refractivity contribution is -0.138. The Balaban J connectivity index is 0.00000182. The number of benzene rings is 1. The number of carbonyl (C=O) groups is 2. The van der Waals surface area contributed by atoms with Gasteiger partial charge < -0.3 is 34.5 Å². The average molecular weight is 416 g/mol. The Morgan fingerprint density at radius 2 is 1.48 bits per heavy atom. The molecule has 0 unspecified atom stereocenters. The van der Waals surface area contributed by atoms with Crippen LogP contribution in [0.3, 0.4) is 0 Å². The van der Waals surface area contributed by atoms with Crippen molar-refractivity contribution in [3.8, 4) is 5.75 Å². The molecule has 0 aromatic heterocycles. The van der Waals surface area contributed by atoms with Gasteiger partial charge in [0, 0.05) is 45.6 Å². The molecule has 8 heteroatoms. The molecule has 0 radical (unpaired) electrons. The van der Waals surface area contributed by atoms with Crippen molar-refractivity contribution < 1.29 is 39.1 Å². The van der Waals surface area contributed by atoms with Gasteiger partial charge in [-0.05, 0) is 31.5 Å². The summed E-state index contributed by atoms with van der Waals surface area (Å²) >= 11 is 0. The van der Waals surface area contributed by atoms with Gasteiger partial charge in [-0.3, -0.25) is 19.4 Å². The number of amides is 2. The van der Waals surface area contributed by atoms with Gasteiger partial charge in [-0.25, -0.2) is 0 Å². The number of likely N-dealkylation sites (tertiary alicyclic amines) is 1. The zero-order valence-corrected chi connectivity index (χ0v) is 17.2. The highest BCUT2D eigenvalue weighted by atomic mass is 35.5. The van der Waals surface area contributed by atoms with Crippen molar-refractivity contribution in [3.63, 3.8) is 0 Å². The topological polar surface area (TPSA) is 53.1 Å². The molecule has 0 N–H and O–H groups in total. The smallest absolute Gasteiger partial charge is 0.229 e. The van der Waals surface area contributed by atoms with Gasteiger partial charge in [0.2, 0.25) is 11.8 Å². The number of hydrogen-bond donors (Lipinski definition) is 0. The molecule has 2 heterocycles. The summed E-state index contributed by atoms with van der Waals surface area (Å²) in [7, 11) is 1.71. The maximum atomic E-state index is 11.6. The van der Waals surface area contributed by atoms with E-state index in [-0.39, 0.29) is 36.6 Å². The average Bonchev–Trinajstić information content (AvgIpc) is 2.97. The van der Waals surface area contributed by atoms with Crippen LogP contribution in [0.4, 0.5) is 5.69 Å². The minimum Gasteiger partial charge on any atom is -1.00 e. The van der Waals surface area contributed by atoms with Crippen LogP contribution in [0.1, 0.15) is 25.7 Å². The Hall–Kier alpha value is -1.50. The van der Waals surface area contributed by atoms with E-state index >= 15 is 0 Å². The van der Waals surface area contributed by atoms with Crippen LogP contribution in [0.5, 0.6) is 5.75 Å². The summed E-state index contributed by atoms with van der Waals surface area (Å²) in [5, 5.41) is 0. The van der Waals surface area contributed by atoms with E-state index in [1.165, 1.54) is 4.90 Å². The van der Waals surface area contributed by atoms with Crippen molar-refractivity contribution in [1.82, 2.24) is 9.80 Å². The fourth-order valence-electron chi connectivity index (χ4n) is 3.58. The van der Waals surface area contributed by atoms with Crippen molar-refractivity contribution in [2.45, 2.75) is 25.7 Å². The molecule has 0 aliphatic carbocycles. The fraction of sp³-hybridized carbons (Fsp3) is 0.579. The lowest BCUT2D eigenvalue weighted by Gasteiger charge is -2.36. The number of anilines is 1. The second-order valence-corrected chi connectivity index (χ2v) is 6.65. The van der Waals surface area contributed by atoms with Crippen LogP contribution >= 0.6 is 0 Å². The van der Waals surface area contributed by atoms with E-state index in [1.807, 2.05) is 18.2 Å². The largest absolute Gasteiger partial charge is 1.00 e. The summed E-state index contributed by atoms with van der Waals surface area (Å²) in [6, 6.07) is 8.15. The molecule has 2 saturated heterocycles. The maximum Gasteiger partial charge on any atom is 0.229 e. The Bertz CT molecular complexity index is 606. The van der Waals surface area contributed by atoms with Crippen molar-refractivity contribution in [2.24, 2.45) is 0 Å². The number of carbonyl (C=O) groups excluding carboxylic acids is 2. The summed E-state index contributed by atoms with van der Waals surface area (Å²) in [4.78, 5) is 29.4. The Kier molecular flexibility index (Phi) is 9.91. The first-order valence-electron chi connectivity index (χ1n) is 9.12. The molecule has 1 aromatic rings. The first-order chi connectivity index (χ1) is 12.2. The molecule has 0 saturated carbocycles. The molecule has 0 atom stereocenters. The predicted octanol–water partition coefficient (Wildman–Crippen LogP) is -4.25. The second kappa shape index (κ2) is 11.4. The summed E-state index contributed by atoms with van der Waals surface area (Å²) in [6.45, 7) is 5.64. The highest BCUT2D eigenvalue weighted by Gasteiger charge is 2.28. The number of nitrogens with zero attached hydrogens (tertiary/aromatic N) is 3. The number of piperazine rings is 1. The molecule has 0 bridgehead atoms. The van der Waals surface area contributed by atoms with Crippen LogP contribution in [0.15, 0.2) is 24.3 Å². The molecule has 2 aliphatic rings. The SMILES string of the molecule is COc1ccccc1N1CCN(CCCCN2C(=O)CCC2=O)CC1.[Cl-].[Cl-]. The number of halogens is 2.